The first-order valence-electron chi connectivity index (χ1n) is 4.78. The number of halogens is 2. The van der Waals surface area contributed by atoms with Gasteiger partial charge in [-0.15, -0.1) is 0 Å². The van der Waals surface area contributed by atoms with Crippen LogP contribution in [0, 0.1) is 11.6 Å². The second kappa shape index (κ2) is 3.31. The van der Waals surface area contributed by atoms with E-state index >= 15 is 0 Å². The Labute approximate surface area is 82.1 Å². The second-order valence-corrected chi connectivity index (χ2v) is 3.94. The van der Waals surface area contributed by atoms with Crippen molar-refractivity contribution in [2.45, 2.75) is 24.8 Å². The monoisotopic (exact) mass is 197 g/mol. The Hall–Kier alpha value is -0.960. The summed E-state index contributed by atoms with van der Waals surface area (Å²) in [4.78, 5) is 0. The minimum Gasteiger partial charge on any atom is -0.314 e. The first-order chi connectivity index (χ1) is 6.65. The van der Waals surface area contributed by atoms with Crippen LogP contribution in [0.3, 0.4) is 0 Å². The first-order valence-corrected chi connectivity index (χ1v) is 4.78. The molecule has 0 unspecified atom stereocenters. The van der Waals surface area contributed by atoms with E-state index in [-0.39, 0.29) is 17.2 Å². The summed E-state index contributed by atoms with van der Waals surface area (Å²) in [6, 6.07) is 3.63. The molecule has 1 fully saturated rings. The lowest BCUT2D eigenvalue weighted by atomic mass is 10.0. The molecule has 1 aromatic rings. The summed E-state index contributed by atoms with van der Waals surface area (Å²) in [7, 11) is 1.87. The molecule has 0 amide bonds. The maximum absolute atomic E-state index is 13.3. The SMILES string of the molecule is CNC1(Cc2cc(F)ccc2F)CC1. The van der Waals surface area contributed by atoms with Crippen LogP contribution in [-0.4, -0.2) is 12.6 Å². The summed E-state index contributed by atoms with van der Waals surface area (Å²) in [5, 5.41) is 3.16. The molecule has 14 heavy (non-hydrogen) atoms. The molecule has 2 rings (SSSR count). The van der Waals surface area contributed by atoms with Crippen molar-refractivity contribution in [1.82, 2.24) is 5.32 Å². The van der Waals surface area contributed by atoms with Gasteiger partial charge in [0.1, 0.15) is 11.6 Å². The molecule has 0 heterocycles. The smallest absolute Gasteiger partial charge is 0.126 e. The highest BCUT2D eigenvalue weighted by Crippen LogP contribution is 2.38. The second-order valence-electron chi connectivity index (χ2n) is 3.94. The zero-order valence-corrected chi connectivity index (χ0v) is 8.11. The van der Waals surface area contributed by atoms with Gasteiger partial charge in [-0.25, -0.2) is 8.78 Å². The Kier molecular flexibility index (Phi) is 2.27. The molecule has 3 heteroatoms. The highest BCUT2D eigenvalue weighted by molar-refractivity contribution is 5.23. The van der Waals surface area contributed by atoms with Crippen molar-refractivity contribution in [2.75, 3.05) is 7.05 Å². The molecule has 0 saturated heterocycles. The van der Waals surface area contributed by atoms with Crippen LogP contribution in [0.25, 0.3) is 0 Å². The summed E-state index contributed by atoms with van der Waals surface area (Å²) < 4.78 is 26.1. The van der Waals surface area contributed by atoms with Crippen LogP contribution in [0.4, 0.5) is 8.78 Å². The lowest BCUT2D eigenvalue weighted by molar-refractivity contribution is 0.518. The summed E-state index contributed by atoms with van der Waals surface area (Å²) in [5.41, 5.74) is 0.492. The zero-order valence-electron chi connectivity index (χ0n) is 8.11. The quantitative estimate of drug-likeness (QED) is 0.783. The molecule has 0 radical (unpaired) electrons. The third-order valence-corrected chi connectivity index (χ3v) is 2.92. The van der Waals surface area contributed by atoms with Crippen molar-refractivity contribution in [3.05, 3.63) is 35.4 Å². The normalized spacial score (nSPS) is 18.2. The van der Waals surface area contributed by atoms with Crippen LogP contribution < -0.4 is 5.32 Å². The molecule has 0 atom stereocenters. The molecule has 1 aromatic carbocycles. The summed E-state index contributed by atoms with van der Waals surface area (Å²) >= 11 is 0. The fourth-order valence-corrected chi connectivity index (χ4v) is 1.71. The highest BCUT2D eigenvalue weighted by atomic mass is 19.1. The molecule has 1 saturated carbocycles. The number of nitrogens with one attached hydrogen (secondary N) is 1. The molecule has 0 aliphatic heterocycles. The van der Waals surface area contributed by atoms with Gasteiger partial charge < -0.3 is 5.32 Å². The van der Waals surface area contributed by atoms with Gasteiger partial charge in [-0.3, -0.25) is 0 Å². The molecular weight excluding hydrogens is 184 g/mol. The van der Waals surface area contributed by atoms with E-state index in [0.717, 1.165) is 18.9 Å². The largest absolute Gasteiger partial charge is 0.314 e. The van der Waals surface area contributed by atoms with Crippen molar-refractivity contribution >= 4 is 0 Å². The Bertz CT molecular complexity index is 345. The van der Waals surface area contributed by atoms with Crippen molar-refractivity contribution in [3.8, 4) is 0 Å². The predicted octanol–water partition coefficient (Wildman–Crippen LogP) is 2.26. The van der Waals surface area contributed by atoms with Gasteiger partial charge in [0.15, 0.2) is 0 Å². The van der Waals surface area contributed by atoms with Crippen LogP contribution in [0.5, 0.6) is 0 Å². The van der Waals surface area contributed by atoms with Crippen LogP contribution >= 0.6 is 0 Å². The van der Waals surface area contributed by atoms with E-state index < -0.39 is 0 Å². The molecule has 1 N–H and O–H groups in total. The third-order valence-electron chi connectivity index (χ3n) is 2.92. The Morgan fingerprint density at radius 2 is 2.07 bits per heavy atom. The molecule has 1 nitrogen and oxygen atoms in total. The third kappa shape index (κ3) is 1.77. The van der Waals surface area contributed by atoms with Gasteiger partial charge in [-0.1, -0.05) is 0 Å². The Morgan fingerprint density at radius 3 is 2.64 bits per heavy atom. The topological polar surface area (TPSA) is 12.0 Å². The number of hydrogen-bond donors (Lipinski definition) is 1. The minimum absolute atomic E-state index is 0.0225. The van der Waals surface area contributed by atoms with Gasteiger partial charge in [0, 0.05) is 5.54 Å². The van der Waals surface area contributed by atoms with Crippen LogP contribution in [0.2, 0.25) is 0 Å². The van der Waals surface area contributed by atoms with Crippen LogP contribution in [-0.2, 0) is 6.42 Å². The lowest BCUT2D eigenvalue weighted by Crippen LogP contribution is -2.29. The fourth-order valence-electron chi connectivity index (χ4n) is 1.71. The van der Waals surface area contributed by atoms with Crippen molar-refractivity contribution in [2.24, 2.45) is 0 Å². The van der Waals surface area contributed by atoms with Crippen molar-refractivity contribution in [3.63, 3.8) is 0 Å². The van der Waals surface area contributed by atoms with Gasteiger partial charge in [-0.2, -0.15) is 0 Å². The maximum atomic E-state index is 13.3. The summed E-state index contributed by atoms with van der Waals surface area (Å²) in [5.74, 6) is -0.679. The van der Waals surface area contributed by atoms with E-state index in [2.05, 4.69) is 5.32 Å². The molecule has 1 aliphatic rings. The molecular formula is C11H13F2N. The van der Waals surface area contributed by atoms with E-state index in [9.17, 15) is 8.78 Å². The van der Waals surface area contributed by atoms with E-state index in [1.54, 1.807) is 0 Å². The van der Waals surface area contributed by atoms with Crippen molar-refractivity contribution < 1.29 is 8.78 Å². The van der Waals surface area contributed by atoms with Gasteiger partial charge >= 0.3 is 0 Å². The summed E-state index contributed by atoms with van der Waals surface area (Å²) in [6.45, 7) is 0. The zero-order chi connectivity index (χ0) is 10.2. The Balaban J connectivity index is 2.20. The fraction of sp³-hybridized carbons (Fsp3) is 0.455. The number of hydrogen-bond acceptors (Lipinski definition) is 1. The number of benzene rings is 1. The van der Waals surface area contributed by atoms with Gasteiger partial charge in [0.05, 0.1) is 0 Å². The highest BCUT2D eigenvalue weighted by Gasteiger charge is 2.41. The molecule has 0 aromatic heterocycles. The molecule has 0 spiro atoms. The average Bonchev–Trinajstić information content (AvgIpc) is 2.92. The van der Waals surface area contributed by atoms with E-state index in [0.29, 0.717) is 12.0 Å². The molecule has 0 bridgehead atoms. The number of likely N-dealkylation sites (N-methyl/N-ethyl adjacent to an activating group) is 1. The van der Waals surface area contributed by atoms with Gasteiger partial charge in [-0.05, 0) is 50.1 Å². The summed E-state index contributed by atoms with van der Waals surface area (Å²) in [6.07, 6.45) is 2.66. The molecule has 76 valence electrons. The minimum atomic E-state index is -0.367. The molecule has 1 aliphatic carbocycles. The van der Waals surface area contributed by atoms with Gasteiger partial charge in [0.25, 0.3) is 0 Å². The van der Waals surface area contributed by atoms with Crippen LogP contribution in [0.1, 0.15) is 18.4 Å². The lowest BCUT2D eigenvalue weighted by Gasteiger charge is -2.14. The van der Waals surface area contributed by atoms with Crippen molar-refractivity contribution in [1.29, 1.82) is 0 Å². The van der Waals surface area contributed by atoms with E-state index in [4.69, 9.17) is 0 Å². The first kappa shape index (κ1) is 9.59. The predicted molar refractivity (Wildman–Crippen MR) is 51.1 cm³/mol. The average molecular weight is 197 g/mol. The van der Waals surface area contributed by atoms with E-state index in [1.165, 1.54) is 12.1 Å². The standard InChI is InChI=1S/C11H13F2N/c1-14-11(4-5-11)7-8-6-9(12)2-3-10(8)13/h2-3,6,14H,4-5,7H2,1H3. The van der Waals surface area contributed by atoms with E-state index in [1.807, 2.05) is 7.05 Å². The van der Waals surface area contributed by atoms with Crippen LogP contribution in [0.15, 0.2) is 18.2 Å². The Morgan fingerprint density at radius 1 is 1.36 bits per heavy atom. The van der Waals surface area contributed by atoms with Gasteiger partial charge in [0.2, 0.25) is 0 Å². The number of rotatable bonds is 3. The maximum Gasteiger partial charge on any atom is 0.126 e.